The van der Waals surface area contributed by atoms with E-state index in [-0.39, 0.29) is 18.3 Å². The second-order valence-corrected chi connectivity index (χ2v) is 4.52. The molecule has 0 saturated carbocycles. The zero-order chi connectivity index (χ0) is 14.5. The zero-order valence-corrected chi connectivity index (χ0v) is 11.0. The molecular formula is C16H15FO3. The monoisotopic (exact) mass is 274 g/mol. The molecule has 1 unspecified atom stereocenters. The van der Waals surface area contributed by atoms with Crippen LogP contribution < -0.4 is 0 Å². The second-order valence-electron chi connectivity index (χ2n) is 4.52. The maximum atomic E-state index is 13.3. The Bertz CT molecular complexity index is 596. The van der Waals surface area contributed by atoms with Gasteiger partial charge in [-0.1, -0.05) is 30.3 Å². The summed E-state index contributed by atoms with van der Waals surface area (Å²) in [5, 5.41) is 8.88. The molecule has 0 heterocycles. The van der Waals surface area contributed by atoms with E-state index in [2.05, 4.69) is 0 Å². The van der Waals surface area contributed by atoms with Gasteiger partial charge in [-0.2, -0.15) is 0 Å². The molecule has 2 aromatic carbocycles. The van der Waals surface area contributed by atoms with Gasteiger partial charge in [-0.05, 0) is 36.2 Å². The van der Waals surface area contributed by atoms with Crippen molar-refractivity contribution in [3.63, 3.8) is 0 Å². The van der Waals surface area contributed by atoms with Crippen LogP contribution in [0.3, 0.4) is 0 Å². The van der Waals surface area contributed by atoms with Gasteiger partial charge in [0, 0.05) is 0 Å². The molecule has 0 saturated heterocycles. The first-order valence-electron chi connectivity index (χ1n) is 6.25. The molecule has 0 amide bonds. The van der Waals surface area contributed by atoms with Crippen LogP contribution in [0.5, 0.6) is 0 Å². The fourth-order valence-electron chi connectivity index (χ4n) is 1.90. The fourth-order valence-corrected chi connectivity index (χ4v) is 1.90. The van der Waals surface area contributed by atoms with E-state index in [0.717, 1.165) is 11.6 Å². The molecule has 1 N–H and O–H groups in total. The number of benzene rings is 2. The van der Waals surface area contributed by atoms with Crippen molar-refractivity contribution in [2.45, 2.75) is 19.6 Å². The largest absolute Gasteiger partial charge is 0.478 e. The molecule has 2 aromatic rings. The molecular weight excluding hydrogens is 259 g/mol. The van der Waals surface area contributed by atoms with Crippen LogP contribution in [0.2, 0.25) is 0 Å². The van der Waals surface area contributed by atoms with E-state index in [4.69, 9.17) is 9.84 Å². The highest BCUT2D eigenvalue weighted by molar-refractivity contribution is 5.87. The molecule has 20 heavy (non-hydrogen) atoms. The van der Waals surface area contributed by atoms with Gasteiger partial charge in [0.15, 0.2) is 0 Å². The Balaban J connectivity index is 2.06. The van der Waals surface area contributed by atoms with E-state index in [9.17, 15) is 9.18 Å². The van der Waals surface area contributed by atoms with Crippen LogP contribution >= 0.6 is 0 Å². The highest BCUT2D eigenvalue weighted by atomic mass is 19.1. The van der Waals surface area contributed by atoms with Crippen LogP contribution in [0.15, 0.2) is 48.5 Å². The number of carboxylic acid groups (broad SMARTS) is 1. The van der Waals surface area contributed by atoms with E-state index in [1.54, 1.807) is 0 Å². The third kappa shape index (κ3) is 3.65. The van der Waals surface area contributed by atoms with Crippen molar-refractivity contribution in [2.24, 2.45) is 0 Å². The maximum Gasteiger partial charge on any atom is 0.335 e. The van der Waals surface area contributed by atoms with Crippen LogP contribution in [-0.2, 0) is 11.3 Å². The molecule has 1 atom stereocenters. The third-order valence-electron chi connectivity index (χ3n) is 2.97. The second kappa shape index (κ2) is 6.30. The first kappa shape index (κ1) is 14.2. The van der Waals surface area contributed by atoms with Crippen molar-refractivity contribution < 1.29 is 19.0 Å². The number of ether oxygens (including phenoxy) is 1. The number of hydrogen-bond donors (Lipinski definition) is 1. The van der Waals surface area contributed by atoms with Crippen LogP contribution in [0, 0.1) is 5.82 Å². The predicted molar refractivity (Wildman–Crippen MR) is 73.0 cm³/mol. The first-order valence-corrected chi connectivity index (χ1v) is 6.25. The van der Waals surface area contributed by atoms with Crippen LogP contribution in [0.1, 0.15) is 34.5 Å². The summed E-state index contributed by atoms with van der Waals surface area (Å²) in [6.07, 6.45) is -0.146. The quantitative estimate of drug-likeness (QED) is 0.902. The van der Waals surface area contributed by atoms with Gasteiger partial charge >= 0.3 is 5.97 Å². The Morgan fingerprint density at radius 1 is 1.25 bits per heavy atom. The Morgan fingerprint density at radius 3 is 2.60 bits per heavy atom. The van der Waals surface area contributed by atoms with Crippen LogP contribution in [0.4, 0.5) is 4.39 Å². The van der Waals surface area contributed by atoms with Gasteiger partial charge in [0.25, 0.3) is 0 Å². The summed E-state index contributed by atoms with van der Waals surface area (Å²) in [4.78, 5) is 10.9. The average Bonchev–Trinajstić information content (AvgIpc) is 2.45. The normalized spacial score (nSPS) is 12.1. The molecule has 0 aliphatic heterocycles. The average molecular weight is 274 g/mol. The van der Waals surface area contributed by atoms with Crippen LogP contribution in [0.25, 0.3) is 0 Å². The molecule has 0 bridgehead atoms. The molecule has 0 radical (unpaired) electrons. The van der Waals surface area contributed by atoms with Gasteiger partial charge in [0.2, 0.25) is 0 Å². The summed E-state index contributed by atoms with van der Waals surface area (Å²) in [5.41, 5.74) is 1.45. The van der Waals surface area contributed by atoms with Gasteiger partial charge in [-0.15, -0.1) is 0 Å². The Hall–Kier alpha value is -2.20. The van der Waals surface area contributed by atoms with Gasteiger partial charge in [-0.25, -0.2) is 9.18 Å². The predicted octanol–water partition coefficient (Wildman–Crippen LogP) is 3.80. The minimum atomic E-state index is -1.15. The smallest absolute Gasteiger partial charge is 0.335 e. The minimum absolute atomic E-state index is 0.0732. The molecule has 0 spiro atoms. The number of carboxylic acids is 1. The highest BCUT2D eigenvalue weighted by Crippen LogP contribution is 2.19. The number of hydrogen-bond acceptors (Lipinski definition) is 2. The van der Waals surface area contributed by atoms with E-state index in [1.807, 2.05) is 37.3 Å². The van der Waals surface area contributed by atoms with Crippen molar-refractivity contribution in [3.05, 3.63) is 71.0 Å². The van der Waals surface area contributed by atoms with Gasteiger partial charge in [0.05, 0.1) is 18.3 Å². The topological polar surface area (TPSA) is 46.5 Å². The maximum absolute atomic E-state index is 13.3. The van der Waals surface area contributed by atoms with Crippen molar-refractivity contribution in [3.8, 4) is 0 Å². The number of aromatic carboxylic acids is 1. The molecule has 104 valence electrons. The molecule has 0 aliphatic rings. The summed E-state index contributed by atoms with van der Waals surface area (Å²) in [6, 6.07) is 13.3. The van der Waals surface area contributed by atoms with E-state index in [0.29, 0.717) is 5.56 Å². The lowest BCUT2D eigenvalue weighted by Gasteiger charge is -2.13. The standard InChI is InChI=1S/C16H15FO3/c1-11(13-5-3-2-4-6-13)20-10-12-7-14(16(18)19)9-15(17)8-12/h2-9,11H,10H2,1H3,(H,18,19). The van der Waals surface area contributed by atoms with Crippen molar-refractivity contribution in [1.82, 2.24) is 0 Å². The summed E-state index contributed by atoms with van der Waals surface area (Å²) in [5.74, 6) is -1.72. The van der Waals surface area contributed by atoms with Crippen molar-refractivity contribution in [2.75, 3.05) is 0 Å². The summed E-state index contributed by atoms with van der Waals surface area (Å²) >= 11 is 0. The van der Waals surface area contributed by atoms with Gasteiger partial charge < -0.3 is 9.84 Å². The lowest BCUT2D eigenvalue weighted by atomic mass is 10.1. The highest BCUT2D eigenvalue weighted by Gasteiger charge is 2.09. The lowest BCUT2D eigenvalue weighted by Crippen LogP contribution is -2.03. The SMILES string of the molecule is CC(OCc1cc(F)cc(C(=O)O)c1)c1ccccc1. The third-order valence-corrected chi connectivity index (χ3v) is 2.97. The Morgan fingerprint density at radius 2 is 1.95 bits per heavy atom. The molecule has 2 rings (SSSR count). The Kier molecular flexibility index (Phi) is 4.48. The zero-order valence-electron chi connectivity index (χ0n) is 11.0. The lowest BCUT2D eigenvalue weighted by molar-refractivity contribution is 0.0523. The number of rotatable bonds is 5. The molecule has 3 nitrogen and oxygen atoms in total. The molecule has 0 fully saturated rings. The number of carbonyl (C=O) groups is 1. The van der Waals surface area contributed by atoms with E-state index >= 15 is 0 Å². The Labute approximate surface area is 116 Å². The van der Waals surface area contributed by atoms with Crippen LogP contribution in [-0.4, -0.2) is 11.1 Å². The summed E-state index contributed by atoms with van der Waals surface area (Å²) < 4.78 is 19.0. The molecule has 4 heteroatoms. The fraction of sp³-hybridized carbons (Fsp3) is 0.188. The summed E-state index contributed by atoms with van der Waals surface area (Å²) in [7, 11) is 0. The number of halogens is 1. The van der Waals surface area contributed by atoms with E-state index < -0.39 is 11.8 Å². The molecule has 0 aromatic heterocycles. The van der Waals surface area contributed by atoms with Crippen molar-refractivity contribution in [1.29, 1.82) is 0 Å². The van der Waals surface area contributed by atoms with Gasteiger partial charge in [0.1, 0.15) is 5.82 Å². The summed E-state index contributed by atoms with van der Waals surface area (Å²) in [6.45, 7) is 2.06. The van der Waals surface area contributed by atoms with E-state index in [1.165, 1.54) is 12.1 Å². The van der Waals surface area contributed by atoms with Crippen molar-refractivity contribution >= 4 is 5.97 Å². The molecule has 0 aliphatic carbocycles. The first-order chi connectivity index (χ1) is 9.56. The minimum Gasteiger partial charge on any atom is -0.478 e. The van der Waals surface area contributed by atoms with Gasteiger partial charge in [-0.3, -0.25) is 0 Å².